The van der Waals surface area contributed by atoms with Gasteiger partial charge in [-0.1, -0.05) is 18.6 Å². The molecule has 0 spiro atoms. The Balaban J connectivity index is 0.000000357. The third-order valence-corrected chi connectivity index (χ3v) is 4.68. The van der Waals surface area contributed by atoms with Crippen molar-refractivity contribution >= 4 is 11.7 Å². The number of carbonyl (C=O) groups excluding carboxylic acids is 1. The maximum Gasteiger partial charge on any atom is 0.407 e. The van der Waals surface area contributed by atoms with Crippen LogP contribution in [0.25, 0.3) is 5.65 Å². The monoisotopic (exact) mass is 437 g/mol. The zero-order valence-electron chi connectivity index (χ0n) is 18.8. The Kier molecular flexibility index (Phi) is 8.11. The molecule has 0 aliphatic heterocycles. The normalized spacial score (nSPS) is 16.7. The summed E-state index contributed by atoms with van der Waals surface area (Å²) < 4.78 is 31.2. The van der Waals surface area contributed by atoms with Crippen molar-refractivity contribution in [2.24, 2.45) is 5.73 Å². The van der Waals surface area contributed by atoms with Gasteiger partial charge in [0.25, 0.3) is 0 Å². The van der Waals surface area contributed by atoms with Crippen LogP contribution in [0.5, 0.6) is 0 Å². The molecule has 1 amide bonds. The minimum Gasteiger partial charge on any atom is -0.444 e. The fourth-order valence-electron chi connectivity index (χ4n) is 3.03. The maximum atomic E-state index is 12.2. The molecule has 1 fully saturated rings. The van der Waals surface area contributed by atoms with Crippen molar-refractivity contribution in [3.8, 4) is 0 Å². The van der Waals surface area contributed by atoms with Gasteiger partial charge in [0.05, 0.1) is 30.7 Å². The summed E-state index contributed by atoms with van der Waals surface area (Å²) in [5.74, 6) is -2.32. The van der Waals surface area contributed by atoms with E-state index in [0.717, 1.165) is 17.6 Å². The molecule has 1 atom stereocenters. The molecule has 3 rings (SSSR count). The molecule has 1 saturated carbocycles. The Bertz CT molecular complexity index is 897. The van der Waals surface area contributed by atoms with Crippen molar-refractivity contribution in [2.75, 3.05) is 0 Å². The number of hydrogen-bond acceptors (Lipinski definition) is 5. The Labute approximate surface area is 182 Å². The smallest absolute Gasteiger partial charge is 0.407 e. The summed E-state index contributed by atoms with van der Waals surface area (Å²) in [7, 11) is 0. The van der Waals surface area contributed by atoms with Gasteiger partial charge in [-0.2, -0.15) is 5.10 Å². The van der Waals surface area contributed by atoms with Gasteiger partial charge < -0.3 is 15.8 Å². The summed E-state index contributed by atoms with van der Waals surface area (Å²) in [5.41, 5.74) is 8.57. The standard InChI is InChI=1S/C16H23N5O2.C6H10F2/c1-10(2)14(17)11-6-13-20-12(9-21(13)19-7-11)8-18-15(22)23-16(3,4)5;7-6(8)4-2-1-3-5-6/h6-7,9,14H,1,8,17H2,2-5H3,(H,18,22);1-5H2. The molecule has 172 valence electrons. The highest BCUT2D eigenvalue weighted by atomic mass is 19.3. The summed E-state index contributed by atoms with van der Waals surface area (Å²) in [6, 6.07) is 1.59. The van der Waals surface area contributed by atoms with Gasteiger partial charge in [0.2, 0.25) is 5.92 Å². The SMILES string of the molecule is C=C(C)C(N)c1cnn2cc(CNC(=O)OC(C)(C)C)nc2c1.FC1(F)CCCCC1. The second-order valence-electron chi connectivity index (χ2n) is 8.92. The molecule has 3 N–H and O–H groups in total. The molecule has 1 aliphatic rings. The lowest BCUT2D eigenvalue weighted by molar-refractivity contribution is -0.0337. The van der Waals surface area contributed by atoms with Gasteiger partial charge >= 0.3 is 6.09 Å². The van der Waals surface area contributed by atoms with E-state index in [1.165, 1.54) is 0 Å². The molecule has 2 heterocycles. The predicted octanol–water partition coefficient (Wildman–Crippen LogP) is 4.92. The number of nitrogens with two attached hydrogens (primary N) is 1. The van der Waals surface area contributed by atoms with Crippen molar-refractivity contribution in [3.63, 3.8) is 0 Å². The first-order chi connectivity index (χ1) is 14.4. The first-order valence-corrected chi connectivity index (χ1v) is 10.5. The number of alkyl carbamates (subject to hydrolysis) is 1. The quantitative estimate of drug-likeness (QED) is 0.663. The average Bonchev–Trinajstić information content (AvgIpc) is 3.06. The van der Waals surface area contributed by atoms with Gasteiger partial charge in [-0.05, 0) is 52.2 Å². The van der Waals surface area contributed by atoms with Crippen LogP contribution in [0.15, 0.2) is 30.6 Å². The summed E-state index contributed by atoms with van der Waals surface area (Å²) in [4.78, 5) is 16.1. The molecule has 1 aliphatic carbocycles. The van der Waals surface area contributed by atoms with E-state index in [-0.39, 0.29) is 25.4 Å². The lowest BCUT2D eigenvalue weighted by atomic mass is 9.97. The van der Waals surface area contributed by atoms with E-state index in [0.29, 0.717) is 24.2 Å². The molecular formula is C22H33F2N5O2. The molecule has 0 saturated heterocycles. The predicted molar refractivity (Wildman–Crippen MR) is 116 cm³/mol. The highest BCUT2D eigenvalue weighted by molar-refractivity contribution is 5.67. The molecule has 9 heteroatoms. The van der Waals surface area contributed by atoms with Crippen LogP contribution in [-0.2, 0) is 11.3 Å². The summed E-state index contributed by atoms with van der Waals surface area (Å²) in [6.45, 7) is 11.4. The number of ether oxygens (including phenoxy) is 1. The van der Waals surface area contributed by atoms with Crippen molar-refractivity contribution in [3.05, 3.63) is 41.9 Å². The van der Waals surface area contributed by atoms with E-state index in [9.17, 15) is 13.6 Å². The number of carbonyl (C=O) groups is 1. The Hall–Kier alpha value is -2.55. The van der Waals surface area contributed by atoms with Crippen molar-refractivity contribution in [1.82, 2.24) is 19.9 Å². The lowest BCUT2D eigenvalue weighted by Gasteiger charge is -2.20. The fraction of sp³-hybridized carbons (Fsp3) is 0.591. The molecular weight excluding hydrogens is 404 g/mol. The molecule has 0 aromatic carbocycles. The zero-order valence-corrected chi connectivity index (χ0v) is 18.8. The zero-order chi connectivity index (χ0) is 23.2. The first kappa shape index (κ1) is 24.7. The van der Waals surface area contributed by atoms with E-state index in [4.69, 9.17) is 10.5 Å². The molecule has 0 radical (unpaired) electrons. The Morgan fingerprint density at radius 2 is 2.00 bits per heavy atom. The van der Waals surface area contributed by atoms with Crippen molar-refractivity contribution in [2.45, 2.75) is 83.9 Å². The third-order valence-electron chi connectivity index (χ3n) is 4.68. The van der Waals surface area contributed by atoms with Gasteiger partial charge in [0, 0.05) is 12.8 Å². The van der Waals surface area contributed by atoms with Crippen molar-refractivity contribution in [1.29, 1.82) is 0 Å². The molecule has 0 bridgehead atoms. The number of halogens is 2. The van der Waals surface area contributed by atoms with Crippen LogP contribution < -0.4 is 11.1 Å². The van der Waals surface area contributed by atoms with E-state index < -0.39 is 17.6 Å². The van der Waals surface area contributed by atoms with E-state index in [2.05, 4.69) is 22.0 Å². The number of imidazole rings is 1. The summed E-state index contributed by atoms with van der Waals surface area (Å²) in [5, 5.41) is 6.95. The second kappa shape index (κ2) is 10.2. The number of amides is 1. The topological polar surface area (TPSA) is 94.5 Å². The van der Waals surface area contributed by atoms with Crippen LogP contribution >= 0.6 is 0 Å². The van der Waals surface area contributed by atoms with Crippen LogP contribution in [0.4, 0.5) is 13.6 Å². The minimum absolute atomic E-state index is 0.118. The first-order valence-electron chi connectivity index (χ1n) is 10.5. The fourth-order valence-corrected chi connectivity index (χ4v) is 3.03. The molecule has 31 heavy (non-hydrogen) atoms. The number of fused-ring (bicyclic) bond motifs is 1. The van der Waals surface area contributed by atoms with Gasteiger partial charge in [0.15, 0.2) is 5.65 Å². The largest absolute Gasteiger partial charge is 0.444 e. The van der Waals surface area contributed by atoms with Gasteiger partial charge in [-0.15, -0.1) is 0 Å². The molecule has 2 aromatic rings. The molecule has 7 nitrogen and oxygen atoms in total. The second-order valence-corrected chi connectivity index (χ2v) is 8.92. The number of nitrogens with one attached hydrogen (secondary N) is 1. The van der Waals surface area contributed by atoms with E-state index in [1.807, 2.05) is 33.8 Å². The summed E-state index contributed by atoms with van der Waals surface area (Å²) in [6.07, 6.45) is 5.63. The highest BCUT2D eigenvalue weighted by Crippen LogP contribution is 2.32. The summed E-state index contributed by atoms with van der Waals surface area (Å²) >= 11 is 0. The van der Waals surface area contributed by atoms with Gasteiger partial charge in [0.1, 0.15) is 5.60 Å². The van der Waals surface area contributed by atoms with Crippen LogP contribution in [0.1, 0.15) is 77.1 Å². The van der Waals surface area contributed by atoms with Gasteiger partial charge in [-0.25, -0.2) is 23.1 Å². The average molecular weight is 438 g/mol. The minimum atomic E-state index is -2.32. The van der Waals surface area contributed by atoms with Gasteiger partial charge in [-0.3, -0.25) is 0 Å². The maximum absolute atomic E-state index is 12.2. The number of aromatic nitrogens is 3. The van der Waals surface area contributed by atoms with E-state index >= 15 is 0 Å². The number of hydrogen-bond donors (Lipinski definition) is 2. The van der Waals surface area contributed by atoms with Crippen LogP contribution in [0, 0.1) is 0 Å². The van der Waals surface area contributed by atoms with Crippen LogP contribution in [-0.4, -0.2) is 32.2 Å². The molecule has 1 unspecified atom stereocenters. The highest BCUT2D eigenvalue weighted by Gasteiger charge is 2.30. The van der Waals surface area contributed by atoms with Crippen molar-refractivity contribution < 1.29 is 18.3 Å². The number of rotatable bonds is 4. The number of nitrogens with zero attached hydrogens (tertiary/aromatic N) is 3. The Morgan fingerprint density at radius 1 is 1.35 bits per heavy atom. The third kappa shape index (κ3) is 8.24. The van der Waals surface area contributed by atoms with E-state index in [1.54, 1.807) is 16.9 Å². The lowest BCUT2D eigenvalue weighted by Crippen LogP contribution is -2.32. The number of alkyl halides is 2. The molecule has 2 aromatic heterocycles. The van der Waals surface area contributed by atoms with Crippen LogP contribution in [0.3, 0.4) is 0 Å². The Morgan fingerprint density at radius 3 is 2.52 bits per heavy atom. The van der Waals surface area contributed by atoms with Crippen LogP contribution in [0.2, 0.25) is 0 Å².